The maximum absolute atomic E-state index is 13.0. The van der Waals surface area contributed by atoms with E-state index in [1.165, 1.54) is 0 Å². The first-order chi connectivity index (χ1) is 14.1. The van der Waals surface area contributed by atoms with Crippen molar-refractivity contribution in [1.29, 1.82) is 0 Å². The molecule has 0 radical (unpaired) electrons. The summed E-state index contributed by atoms with van der Waals surface area (Å²) < 4.78 is 26.0. The molecule has 2 heterocycles. The average molecular weight is 441 g/mol. The number of aliphatic hydroxyl groups is 1. The van der Waals surface area contributed by atoms with E-state index in [0.29, 0.717) is 18.1 Å². The number of H-pyrrole nitrogens is 1. The fraction of sp³-hybridized carbons (Fsp3) is 0.619. The second-order valence-electron chi connectivity index (χ2n) is 9.22. The Morgan fingerprint density at radius 1 is 1.37 bits per heavy atom. The molecule has 2 aromatic rings. The SMILES string of the molecule is CC(C)(C1CCN(C(=O)NC2CC(F)(F)C2)CC1)C(O)c1cc(Cl)cc2[nH]ncc12. The van der Waals surface area contributed by atoms with Crippen LogP contribution in [0.2, 0.25) is 5.02 Å². The molecule has 0 bridgehead atoms. The summed E-state index contributed by atoms with van der Waals surface area (Å²) >= 11 is 6.23. The molecule has 4 rings (SSSR count). The van der Waals surface area contributed by atoms with Crippen LogP contribution in [0.5, 0.6) is 0 Å². The van der Waals surface area contributed by atoms with Gasteiger partial charge in [-0.05, 0) is 41.9 Å². The van der Waals surface area contributed by atoms with Crippen molar-refractivity contribution < 1.29 is 18.7 Å². The highest BCUT2D eigenvalue weighted by Crippen LogP contribution is 2.46. The van der Waals surface area contributed by atoms with E-state index in [-0.39, 0.29) is 24.8 Å². The van der Waals surface area contributed by atoms with Gasteiger partial charge in [0.05, 0.1) is 17.8 Å². The van der Waals surface area contributed by atoms with E-state index in [1.807, 2.05) is 13.8 Å². The average Bonchev–Trinajstić information content (AvgIpc) is 3.13. The fourth-order valence-corrected chi connectivity index (χ4v) is 4.97. The molecule has 6 nitrogen and oxygen atoms in total. The van der Waals surface area contributed by atoms with E-state index in [1.54, 1.807) is 23.2 Å². The zero-order chi connectivity index (χ0) is 21.7. The minimum absolute atomic E-state index is 0.186. The number of piperidine rings is 1. The van der Waals surface area contributed by atoms with Crippen LogP contribution in [0.1, 0.15) is 51.2 Å². The number of halogens is 3. The van der Waals surface area contributed by atoms with Crippen LogP contribution in [0, 0.1) is 11.3 Å². The number of fused-ring (bicyclic) bond motifs is 1. The predicted octanol–water partition coefficient (Wildman–Crippen LogP) is 4.50. The van der Waals surface area contributed by atoms with E-state index in [2.05, 4.69) is 15.5 Å². The minimum atomic E-state index is -2.65. The summed E-state index contributed by atoms with van der Waals surface area (Å²) in [7, 11) is 0. The Labute approximate surface area is 179 Å². The number of rotatable bonds is 4. The number of benzene rings is 1. The van der Waals surface area contributed by atoms with Crippen molar-refractivity contribution in [2.45, 2.75) is 57.6 Å². The third kappa shape index (κ3) is 3.99. The number of hydrogen-bond donors (Lipinski definition) is 3. The summed E-state index contributed by atoms with van der Waals surface area (Å²) in [6.45, 7) is 5.13. The summed E-state index contributed by atoms with van der Waals surface area (Å²) in [4.78, 5) is 14.1. The van der Waals surface area contributed by atoms with Gasteiger partial charge in [0.25, 0.3) is 5.92 Å². The summed E-state index contributed by atoms with van der Waals surface area (Å²) in [6, 6.07) is 2.84. The summed E-state index contributed by atoms with van der Waals surface area (Å²) in [5.41, 5.74) is 1.07. The second kappa shape index (κ2) is 7.64. The molecular weight excluding hydrogens is 414 g/mol. The molecule has 9 heteroatoms. The number of aliphatic hydroxyl groups excluding tert-OH is 1. The molecule has 2 fully saturated rings. The van der Waals surface area contributed by atoms with Crippen LogP contribution >= 0.6 is 11.6 Å². The standard InChI is InChI=1S/C21H27ClF2N4O2/c1-20(2,18(29)15-7-13(22)8-17-16(15)11-25-27-17)12-3-5-28(6-4-12)19(30)26-14-9-21(23,24)10-14/h7-8,11-12,14,18,29H,3-6,9-10H2,1-2H3,(H,25,27)(H,26,30). The summed E-state index contributed by atoms with van der Waals surface area (Å²) in [6.07, 6.45) is 1.84. The van der Waals surface area contributed by atoms with Gasteiger partial charge >= 0.3 is 6.03 Å². The first-order valence-electron chi connectivity index (χ1n) is 10.3. The molecule has 164 valence electrons. The number of amides is 2. The van der Waals surface area contributed by atoms with Crippen LogP contribution in [-0.2, 0) is 0 Å². The van der Waals surface area contributed by atoms with E-state index in [9.17, 15) is 18.7 Å². The number of carbonyl (C=O) groups excluding carboxylic acids is 1. The smallest absolute Gasteiger partial charge is 0.317 e. The Morgan fingerprint density at radius 2 is 2.03 bits per heavy atom. The maximum atomic E-state index is 13.0. The zero-order valence-corrected chi connectivity index (χ0v) is 17.8. The van der Waals surface area contributed by atoms with Gasteiger partial charge in [0.2, 0.25) is 0 Å². The Morgan fingerprint density at radius 3 is 2.67 bits per heavy atom. The van der Waals surface area contributed by atoms with Gasteiger partial charge in [-0.2, -0.15) is 5.10 Å². The highest BCUT2D eigenvalue weighted by molar-refractivity contribution is 6.31. The van der Waals surface area contributed by atoms with Crippen LogP contribution in [0.3, 0.4) is 0 Å². The number of urea groups is 1. The lowest BCUT2D eigenvalue weighted by molar-refractivity contribution is -0.0905. The lowest BCUT2D eigenvalue weighted by Crippen LogP contribution is -2.55. The van der Waals surface area contributed by atoms with E-state index >= 15 is 0 Å². The molecule has 1 aromatic carbocycles. The lowest BCUT2D eigenvalue weighted by atomic mass is 9.68. The molecule has 30 heavy (non-hydrogen) atoms. The van der Waals surface area contributed by atoms with Crippen LogP contribution in [0.15, 0.2) is 18.3 Å². The second-order valence-corrected chi connectivity index (χ2v) is 9.66. The first-order valence-corrected chi connectivity index (χ1v) is 10.7. The monoisotopic (exact) mass is 440 g/mol. The number of carbonyl (C=O) groups is 1. The molecule has 0 spiro atoms. The molecule has 1 saturated heterocycles. The molecule has 1 unspecified atom stereocenters. The zero-order valence-electron chi connectivity index (χ0n) is 17.1. The number of nitrogens with one attached hydrogen (secondary N) is 2. The molecular formula is C21H27ClF2N4O2. The number of likely N-dealkylation sites (tertiary alicyclic amines) is 1. The van der Waals surface area contributed by atoms with Crippen molar-refractivity contribution in [1.82, 2.24) is 20.4 Å². The molecule has 1 aliphatic carbocycles. The predicted molar refractivity (Wildman–Crippen MR) is 111 cm³/mol. The first kappa shape index (κ1) is 21.3. The van der Waals surface area contributed by atoms with E-state index in [4.69, 9.17) is 11.6 Å². The molecule has 1 aromatic heterocycles. The quantitative estimate of drug-likeness (QED) is 0.655. The highest BCUT2D eigenvalue weighted by Gasteiger charge is 2.46. The highest BCUT2D eigenvalue weighted by atomic mass is 35.5. The van der Waals surface area contributed by atoms with Crippen molar-refractivity contribution >= 4 is 28.5 Å². The number of aromatic nitrogens is 2. The largest absolute Gasteiger partial charge is 0.388 e. The molecule has 1 aliphatic heterocycles. The van der Waals surface area contributed by atoms with E-state index < -0.39 is 23.5 Å². The van der Waals surface area contributed by atoms with Gasteiger partial charge in [-0.15, -0.1) is 0 Å². The van der Waals surface area contributed by atoms with Crippen molar-refractivity contribution in [3.63, 3.8) is 0 Å². The Bertz CT molecular complexity index is 932. The molecule has 1 saturated carbocycles. The van der Waals surface area contributed by atoms with Crippen LogP contribution in [-0.4, -0.2) is 51.3 Å². The van der Waals surface area contributed by atoms with Gasteiger partial charge in [0.1, 0.15) is 0 Å². The number of alkyl halides is 2. The third-order valence-corrected chi connectivity index (χ3v) is 7.03. The molecule has 2 amide bonds. The van der Waals surface area contributed by atoms with Crippen molar-refractivity contribution in [2.75, 3.05) is 13.1 Å². The number of hydrogen-bond acceptors (Lipinski definition) is 3. The van der Waals surface area contributed by atoms with Gasteiger partial charge in [-0.1, -0.05) is 25.4 Å². The van der Waals surface area contributed by atoms with Gasteiger partial charge in [-0.3, -0.25) is 5.10 Å². The fourth-order valence-electron chi connectivity index (χ4n) is 4.75. The normalized spacial score (nSPS) is 21.5. The Kier molecular flexibility index (Phi) is 5.43. The van der Waals surface area contributed by atoms with E-state index in [0.717, 1.165) is 29.3 Å². The van der Waals surface area contributed by atoms with Crippen LogP contribution < -0.4 is 5.32 Å². The summed E-state index contributed by atoms with van der Waals surface area (Å²) in [5, 5.41) is 22.3. The lowest BCUT2D eigenvalue weighted by Gasteiger charge is -2.44. The number of nitrogens with zero attached hydrogens (tertiary/aromatic N) is 2. The minimum Gasteiger partial charge on any atom is -0.388 e. The van der Waals surface area contributed by atoms with Crippen LogP contribution in [0.25, 0.3) is 10.9 Å². The topological polar surface area (TPSA) is 81.3 Å². The number of aromatic amines is 1. The van der Waals surface area contributed by atoms with Gasteiger partial charge in [-0.25, -0.2) is 13.6 Å². The van der Waals surface area contributed by atoms with Gasteiger partial charge in [0, 0.05) is 42.4 Å². The van der Waals surface area contributed by atoms with Crippen molar-refractivity contribution in [3.05, 3.63) is 28.9 Å². The van der Waals surface area contributed by atoms with Gasteiger partial charge < -0.3 is 15.3 Å². The third-order valence-electron chi connectivity index (χ3n) is 6.81. The molecule has 2 aliphatic rings. The van der Waals surface area contributed by atoms with Crippen molar-refractivity contribution in [3.8, 4) is 0 Å². The van der Waals surface area contributed by atoms with Crippen molar-refractivity contribution in [2.24, 2.45) is 11.3 Å². The maximum Gasteiger partial charge on any atom is 0.317 e. The Hall–Kier alpha value is -1.93. The summed E-state index contributed by atoms with van der Waals surface area (Å²) in [5.74, 6) is -2.46. The van der Waals surface area contributed by atoms with Gasteiger partial charge in [0.15, 0.2) is 0 Å². The molecule has 3 N–H and O–H groups in total. The molecule has 1 atom stereocenters. The van der Waals surface area contributed by atoms with Crippen LogP contribution in [0.4, 0.5) is 13.6 Å². The Balaban J connectivity index is 1.39.